The number of carbonyl (C=O) groups is 1. The van der Waals surface area contributed by atoms with Crippen LogP contribution in [0.4, 0.5) is 5.69 Å². The fourth-order valence-electron chi connectivity index (χ4n) is 2.07. The topological polar surface area (TPSA) is 50.4 Å². The molecule has 1 aliphatic heterocycles. The van der Waals surface area contributed by atoms with Gasteiger partial charge in [0.15, 0.2) is 0 Å². The van der Waals surface area contributed by atoms with E-state index in [4.69, 9.17) is 4.74 Å². The molecule has 2 rings (SSSR count). The van der Waals surface area contributed by atoms with Gasteiger partial charge in [0.05, 0.1) is 19.1 Å². The maximum atomic E-state index is 11.8. The summed E-state index contributed by atoms with van der Waals surface area (Å²) in [7, 11) is 0. The number of halogens is 1. The lowest BCUT2D eigenvalue weighted by Crippen LogP contribution is -2.33. The number of anilines is 1. The zero-order valence-corrected chi connectivity index (χ0v) is 13.0. The van der Waals surface area contributed by atoms with Crippen LogP contribution in [0.2, 0.25) is 0 Å². The molecule has 0 aromatic heterocycles. The molecule has 0 aliphatic carbocycles. The van der Waals surface area contributed by atoms with Gasteiger partial charge in [0, 0.05) is 9.26 Å². The summed E-state index contributed by atoms with van der Waals surface area (Å²) < 4.78 is 6.83. The van der Waals surface area contributed by atoms with Crippen molar-refractivity contribution < 1.29 is 9.53 Å². The molecule has 19 heavy (non-hydrogen) atoms. The van der Waals surface area contributed by atoms with Gasteiger partial charge in [0.1, 0.15) is 0 Å². The second kappa shape index (κ2) is 7.81. The van der Waals surface area contributed by atoms with E-state index < -0.39 is 0 Å². The minimum absolute atomic E-state index is 0.0101. The number of hydrogen-bond acceptors (Lipinski definition) is 3. The average Bonchev–Trinajstić information content (AvgIpc) is 2.40. The van der Waals surface area contributed by atoms with Gasteiger partial charge in [-0.15, -0.1) is 0 Å². The fraction of sp³-hybridized carbons (Fsp3) is 0.500. The second-order valence-electron chi connectivity index (χ2n) is 4.63. The van der Waals surface area contributed by atoms with Crippen LogP contribution in [0.25, 0.3) is 0 Å². The number of rotatable bonds is 5. The minimum Gasteiger partial charge on any atom is -0.378 e. The number of carbonyl (C=O) groups excluding carboxylic acids is 1. The summed E-state index contributed by atoms with van der Waals surface area (Å²) in [5, 5.41) is 6.18. The molecular formula is C14H19IN2O2. The van der Waals surface area contributed by atoms with Crippen LogP contribution < -0.4 is 10.6 Å². The molecular weight excluding hydrogens is 355 g/mol. The summed E-state index contributed by atoms with van der Waals surface area (Å²) in [5.74, 6) is 0.0101. The van der Waals surface area contributed by atoms with Crippen molar-refractivity contribution in [2.45, 2.75) is 25.4 Å². The number of piperidine rings is 1. The van der Waals surface area contributed by atoms with E-state index in [1.165, 1.54) is 0 Å². The number of benzene rings is 1. The first-order chi connectivity index (χ1) is 9.24. The van der Waals surface area contributed by atoms with Gasteiger partial charge in [-0.25, -0.2) is 0 Å². The molecule has 1 amide bonds. The zero-order chi connectivity index (χ0) is 13.5. The maximum absolute atomic E-state index is 11.8. The van der Waals surface area contributed by atoms with Crippen molar-refractivity contribution in [3.63, 3.8) is 0 Å². The number of nitrogens with one attached hydrogen (secondary N) is 2. The molecule has 0 spiro atoms. The zero-order valence-electron chi connectivity index (χ0n) is 10.8. The van der Waals surface area contributed by atoms with Crippen LogP contribution in [0.1, 0.15) is 19.3 Å². The highest BCUT2D eigenvalue weighted by atomic mass is 127. The summed E-state index contributed by atoms with van der Waals surface area (Å²) in [6.45, 7) is 2.53. The smallest absolute Gasteiger partial charge is 0.226 e. The first kappa shape index (κ1) is 14.7. The van der Waals surface area contributed by atoms with E-state index in [1.54, 1.807) is 0 Å². The summed E-state index contributed by atoms with van der Waals surface area (Å²) in [6.07, 6.45) is 2.80. The van der Waals surface area contributed by atoms with Crippen molar-refractivity contribution in [2.24, 2.45) is 0 Å². The molecule has 1 fully saturated rings. The molecule has 1 saturated heterocycles. The molecule has 1 aromatic carbocycles. The lowest BCUT2D eigenvalue weighted by Gasteiger charge is -2.22. The van der Waals surface area contributed by atoms with Crippen molar-refractivity contribution in [1.29, 1.82) is 0 Å². The molecule has 0 saturated carbocycles. The number of hydrogen-bond donors (Lipinski definition) is 2. The monoisotopic (exact) mass is 374 g/mol. The van der Waals surface area contributed by atoms with Crippen molar-refractivity contribution in [3.8, 4) is 0 Å². The Morgan fingerprint density at radius 3 is 2.95 bits per heavy atom. The van der Waals surface area contributed by atoms with E-state index in [0.29, 0.717) is 19.1 Å². The Hall–Kier alpha value is -0.660. The van der Waals surface area contributed by atoms with Crippen LogP contribution in [0.3, 0.4) is 0 Å². The van der Waals surface area contributed by atoms with Crippen LogP contribution in [0.15, 0.2) is 24.3 Å². The molecule has 1 heterocycles. The van der Waals surface area contributed by atoms with Gasteiger partial charge in [0.2, 0.25) is 5.91 Å². The highest BCUT2D eigenvalue weighted by Crippen LogP contribution is 2.13. The van der Waals surface area contributed by atoms with Gasteiger partial charge in [0.25, 0.3) is 0 Å². The normalized spacial score (nSPS) is 16.3. The average molecular weight is 374 g/mol. The van der Waals surface area contributed by atoms with E-state index in [9.17, 15) is 4.79 Å². The van der Waals surface area contributed by atoms with E-state index in [-0.39, 0.29) is 5.91 Å². The first-order valence-electron chi connectivity index (χ1n) is 6.62. The standard InChI is InChI=1S/C14H19IN2O2/c15-11-2-1-3-12(10-11)17-14(18)6-9-19-13-4-7-16-8-5-13/h1-3,10,13,16H,4-9H2,(H,17,18). The predicted octanol–water partition coefficient (Wildman–Crippen LogP) is 2.39. The van der Waals surface area contributed by atoms with Gasteiger partial charge in [-0.3, -0.25) is 4.79 Å². The van der Waals surface area contributed by atoms with Gasteiger partial charge >= 0.3 is 0 Å². The summed E-state index contributed by atoms with van der Waals surface area (Å²) in [6, 6.07) is 7.78. The summed E-state index contributed by atoms with van der Waals surface area (Å²) in [5.41, 5.74) is 0.846. The molecule has 0 atom stereocenters. The van der Waals surface area contributed by atoms with Crippen LogP contribution in [-0.2, 0) is 9.53 Å². The Morgan fingerprint density at radius 2 is 2.21 bits per heavy atom. The van der Waals surface area contributed by atoms with Crippen LogP contribution >= 0.6 is 22.6 Å². The van der Waals surface area contributed by atoms with Crippen molar-refractivity contribution in [1.82, 2.24) is 5.32 Å². The molecule has 104 valence electrons. The van der Waals surface area contributed by atoms with Crippen LogP contribution in [-0.4, -0.2) is 31.7 Å². The molecule has 1 aliphatic rings. The molecule has 2 N–H and O–H groups in total. The fourth-order valence-corrected chi connectivity index (χ4v) is 2.61. The summed E-state index contributed by atoms with van der Waals surface area (Å²) in [4.78, 5) is 11.8. The molecule has 0 unspecified atom stereocenters. The van der Waals surface area contributed by atoms with Crippen LogP contribution in [0.5, 0.6) is 0 Å². The third kappa shape index (κ3) is 5.46. The molecule has 4 nitrogen and oxygen atoms in total. The van der Waals surface area contributed by atoms with E-state index in [2.05, 4.69) is 33.2 Å². The lowest BCUT2D eigenvalue weighted by atomic mass is 10.1. The Balaban J connectivity index is 1.67. The van der Waals surface area contributed by atoms with Gasteiger partial charge < -0.3 is 15.4 Å². The van der Waals surface area contributed by atoms with Gasteiger partial charge in [-0.2, -0.15) is 0 Å². The largest absolute Gasteiger partial charge is 0.378 e. The number of amides is 1. The Labute approximate surface area is 127 Å². The second-order valence-corrected chi connectivity index (χ2v) is 5.87. The van der Waals surface area contributed by atoms with E-state index in [1.807, 2.05) is 24.3 Å². The third-order valence-electron chi connectivity index (χ3n) is 3.08. The molecule has 0 radical (unpaired) electrons. The van der Waals surface area contributed by atoms with Gasteiger partial charge in [-0.05, 0) is 66.7 Å². The highest BCUT2D eigenvalue weighted by molar-refractivity contribution is 14.1. The molecule has 0 bridgehead atoms. The van der Waals surface area contributed by atoms with E-state index in [0.717, 1.165) is 35.2 Å². The quantitative estimate of drug-likeness (QED) is 0.779. The summed E-state index contributed by atoms with van der Waals surface area (Å²) >= 11 is 2.23. The lowest BCUT2D eigenvalue weighted by molar-refractivity contribution is -0.117. The Bertz CT molecular complexity index is 420. The van der Waals surface area contributed by atoms with Crippen molar-refractivity contribution in [2.75, 3.05) is 25.0 Å². The Kier molecular flexibility index (Phi) is 6.06. The minimum atomic E-state index is 0.0101. The molecule has 5 heteroatoms. The first-order valence-corrected chi connectivity index (χ1v) is 7.69. The highest BCUT2D eigenvalue weighted by Gasteiger charge is 2.13. The predicted molar refractivity (Wildman–Crippen MR) is 84.2 cm³/mol. The number of ether oxygens (including phenoxy) is 1. The third-order valence-corrected chi connectivity index (χ3v) is 3.75. The Morgan fingerprint density at radius 1 is 1.42 bits per heavy atom. The maximum Gasteiger partial charge on any atom is 0.226 e. The van der Waals surface area contributed by atoms with Crippen molar-refractivity contribution >= 4 is 34.2 Å². The molecule has 1 aromatic rings. The van der Waals surface area contributed by atoms with E-state index >= 15 is 0 Å². The van der Waals surface area contributed by atoms with Crippen molar-refractivity contribution in [3.05, 3.63) is 27.8 Å². The van der Waals surface area contributed by atoms with Crippen LogP contribution in [0, 0.1) is 3.57 Å². The van der Waals surface area contributed by atoms with Gasteiger partial charge in [-0.1, -0.05) is 6.07 Å². The SMILES string of the molecule is O=C(CCOC1CCNCC1)Nc1cccc(I)c1.